The van der Waals surface area contributed by atoms with E-state index in [9.17, 15) is 0 Å². The van der Waals surface area contributed by atoms with Crippen molar-refractivity contribution in [1.29, 1.82) is 0 Å². The molecule has 0 heterocycles. The van der Waals surface area contributed by atoms with E-state index in [1.807, 2.05) is 0 Å². The summed E-state index contributed by atoms with van der Waals surface area (Å²) in [6, 6.07) is 17.5. The molecule has 0 nitrogen and oxygen atoms in total. The fourth-order valence-corrected chi connectivity index (χ4v) is 2.03. The number of hydrogen-bond donors (Lipinski definition) is 0. The van der Waals surface area contributed by atoms with Crippen LogP contribution < -0.4 is 0 Å². The van der Waals surface area contributed by atoms with Crippen molar-refractivity contribution in [2.24, 2.45) is 0 Å². The van der Waals surface area contributed by atoms with Gasteiger partial charge in [-0.3, -0.25) is 0 Å². The fourth-order valence-electron chi connectivity index (χ4n) is 2.03. The lowest BCUT2D eigenvalue weighted by atomic mass is 9.99. The van der Waals surface area contributed by atoms with Gasteiger partial charge in [0.1, 0.15) is 0 Å². The van der Waals surface area contributed by atoms with E-state index in [4.69, 9.17) is 0 Å². The summed E-state index contributed by atoms with van der Waals surface area (Å²) < 4.78 is 0. The summed E-state index contributed by atoms with van der Waals surface area (Å²) >= 11 is 0. The van der Waals surface area contributed by atoms with Crippen LogP contribution >= 0.6 is 0 Å². The quantitative estimate of drug-likeness (QED) is 0.645. The van der Waals surface area contributed by atoms with Crippen molar-refractivity contribution in [1.82, 2.24) is 0 Å². The summed E-state index contributed by atoms with van der Waals surface area (Å²) in [5.74, 6) is 0. The molecule has 0 aliphatic rings. The van der Waals surface area contributed by atoms with Crippen molar-refractivity contribution in [2.75, 3.05) is 0 Å². The Labute approximate surface area is 110 Å². The monoisotopic (exact) mass is 236 g/mol. The second kappa shape index (κ2) is 5.68. The third kappa shape index (κ3) is 3.10. The molecule has 0 saturated heterocycles. The van der Waals surface area contributed by atoms with Crippen molar-refractivity contribution >= 4 is 0 Å². The highest BCUT2D eigenvalue weighted by Crippen LogP contribution is 2.22. The van der Waals surface area contributed by atoms with Gasteiger partial charge in [-0.25, -0.2) is 0 Å². The maximum absolute atomic E-state index is 2.29. The van der Waals surface area contributed by atoms with Crippen molar-refractivity contribution in [3.8, 4) is 11.1 Å². The highest BCUT2D eigenvalue weighted by molar-refractivity contribution is 5.64. The van der Waals surface area contributed by atoms with Gasteiger partial charge in [0.2, 0.25) is 0 Å². The standard InChI is InChI=1S/C18H20/c1-4-14(2)12-16-6-5-7-18(13-16)17-10-8-15(3)9-11-17/h4-11,13H,12H2,1-3H3/b14-4+. The zero-order chi connectivity index (χ0) is 13.0. The van der Waals surface area contributed by atoms with Crippen LogP contribution in [-0.4, -0.2) is 0 Å². The molecule has 0 spiro atoms. The average Bonchev–Trinajstić information content (AvgIpc) is 2.40. The largest absolute Gasteiger partial charge is 0.0884 e. The Morgan fingerprint density at radius 2 is 1.72 bits per heavy atom. The first-order valence-corrected chi connectivity index (χ1v) is 6.47. The SMILES string of the molecule is C/C=C(\C)Cc1cccc(-c2ccc(C)cc2)c1. The zero-order valence-electron chi connectivity index (χ0n) is 11.4. The van der Waals surface area contributed by atoms with Crippen molar-refractivity contribution < 1.29 is 0 Å². The van der Waals surface area contributed by atoms with Crippen LogP contribution in [0.1, 0.15) is 25.0 Å². The van der Waals surface area contributed by atoms with Gasteiger partial charge in [0.05, 0.1) is 0 Å². The smallest absolute Gasteiger partial charge is 0.00698 e. The van der Waals surface area contributed by atoms with Gasteiger partial charge in [-0.1, -0.05) is 65.7 Å². The van der Waals surface area contributed by atoms with Gasteiger partial charge in [-0.15, -0.1) is 0 Å². The molecule has 18 heavy (non-hydrogen) atoms. The number of aryl methyl sites for hydroxylation is 1. The van der Waals surface area contributed by atoms with Crippen LogP contribution in [-0.2, 0) is 6.42 Å². The van der Waals surface area contributed by atoms with Gasteiger partial charge in [-0.2, -0.15) is 0 Å². The van der Waals surface area contributed by atoms with Gasteiger partial charge >= 0.3 is 0 Å². The first kappa shape index (κ1) is 12.6. The number of allylic oxidation sites excluding steroid dienone is 2. The van der Waals surface area contributed by atoms with E-state index >= 15 is 0 Å². The molecule has 0 fully saturated rings. The molecule has 2 aromatic rings. The summed E-state index contributed by atoms with van der Waals surface area (Å²) in [5.41, 5.74) is 6.69. The minimum Gasteiger partial charge on any atom is -0.0884 e. The van der Waals surface area contributed by atoms with Crippen molar-refractivity contribution in [3.05, 3.63) is 71.3 Å². The topological polar surface area (TPSA) is 0 Å². The lowest BCUT2D eigenvalue weighted by Crippen LogP contribution is -1.87. The third-order valence-electron chi connectivity index (χ3n) is 3.29. The molecule has 0 saturated carbocycles. The summed E-state index contributed by atoms with van der Waals surface area (Å²) in [5, 5.41) is 0. The Balaban J connectivity index is 2.29. The molecule has 0 amide bonds. The molecule has 92 valence electrons. The van der Waals surface area contributed by atoms with Crippen LogP contribution in [0, 0.1) is 6.92 Å². The Morgan fingerprint density at radius 3 is 2.39 bits per heavy atom. The lowest BCUT2D eigenvalue weighted by Gasteiger charge is -2.06. The molecular weight excluding hydrogens is 216 g/mol. The molecule has 0 aliphatic carbocycles. The molecule has 0 radical (unpaired) electrons. The number of rotatable bonds is 3. The van der Waals surface area contributed by atoms with Gasteiger partial charge < -0.3 is 0 Å². The third-order valence-corrected chi connectivity index (χ3v) is 3.29. The molecule has 0 N–H and O–H groups in total. The summed E-state index contributed by atoms with van der Waals surface area (Å²) in [6.07, 6.45) is 3.22. The van der Waals surface area contributed by atoms with Crippen LogP contribution in [0.15, 0.2) is 60.2 Å². The van der Waals surface area contributed by atoms with Crippen LogP contribution in [0.3, 0.4) is 0 Å². The van der Waals surface area contributed by atoms with E-state index in [-0.39, 0.29) is 0 Å². The van der Waals surface area contributed by atoms with Gasteiger partial charge in [0.25, 0.3) is 0 Å². The molecule has 0 atom stereocenters. The molecule has 0 unspecified atom stereocenters. The van der Waals surface area contributed by atoms with Crippen LogP contribution in [0.4, 0.5) is 0 Å². The van der Waals surface area contributed by atoms with Crippen molar-refractivity contribution in [3.63, 3.8) is 0 Å². The highest BCUT2D eigenvalue weighted by Gasteiger charge is 2.00. The molecule has 2 rings (SSSR count). The zero-order valence-corrected chi connectivity index (χ0v) is 11.4. The Kier molecular flexibility index (Phi) is 3.99. The fraction of sp³-hybridized carbons (Fsp3) is 0.222. The highest BCUT2D eigenvalue weighted by atomic mass is 14.0. The normalized spacial score (nSPS) is 11.6. The number of hydrogen-bond acceptors (Lipinski definition) is 0. The minimum absolute atomic E-state index is 1.04. The second-order valence-corrected chi connectivity index (χ2v) is 4.88. The molecule has 0 bridgehead atoms. The molecule has 0 aromatic heterocycles. The van der Waals surface area contributed by atoms with E-state index in [1.54, 1.807) is 0 Å². The van der Waals surface area contributed by atoms with Crippen molar-refractivity contribution in [2.45, 2.75) is 27.2 Å². The first-order chi connectivity index (χ1) is 8.69. The van der Waals surface area contributed by atoms with E-state index in [0.29, 0.717) is 0 Å². The second-order valence-electron chi connectivity index (χ2n) is 4.88. The Hall–Kier alpha value is -1.82. The van der Waals surface area contributed by atoms with E-state index in [2.05, 4.69) is 75.4 Å². The minimum atomic E-state index is 1.04. The maximum atomic E-state index is 2.29. The molecule has 0 aliphatic heterocycles. The Morgan fingerprint density at radius 1 is 1.00 bits per heavy atom. The van der Waals surface area contributed by atoms with Crippen LogP contribution in [0.2, 0.25) is 0 Å². The van der Waals surface area contributed by atoms with E-state index in [1.165, 1.54) is 27.8 Å². The number of benzene rings is 2. The van der Waals surface area contributed by atoms with Crippen LogP contribution in [0.25, 0.3) is 11.1 Å². The Bertz CT molecular complexity index is 545. The van der Waals surface area contributed by atoms with E-state index < -0.39 is 0 Å². The first-order valence-electron chi connectivity index (χ1n) is 6.47. The lowest BCUT2D eigenvalue weighted by molar-refractivity contribution is 1.14. The predicted molar refractivity (Wildman–Crippen MR) is 79.8 cm³/mol. The van der Waals surface area contributed by atoms with Gasteiger partial charge in [-0.05, 0) is 43.9 Å². The molecular formula is C18H20. The van der Waals surface area contributed by atoms with E-state index in [0.717, 1.165) is 6.42 Å². The summed E-state index contributed by atoms with van der Waals surface area (Å²) in [4.78, 5) is 0. The summed E-state index contributed by atoms with van der Waals surface area (Å²) in [7, 11) is 0. The van der Waals surface area contributed by atoms with Crippen LogP contribution in [0.5, 0.6) is 0 Å². The average molecular weight is 236 g/mol. The summed E-state index contributed by atoms with van der Waals surface area (Å²) in [6.45, 7) is 6.40. The molecule has 0 heteroatoms. The van der Waals surface area contributed by atoms with Gasteiger partial charge in [0.15, 0.2) is 0 Å². The molecule has 2 aromatic carbocycles. The van der Waals surface area contributed by atoms with Gasteiger partial charge in [0, 0.05) is 0 Å². The predicted octanol–water partition coefficient (Wildman–Crippen LogP) is 5.17. The maximum Gasteiger partial charge on any atom is -0.00698 e.